The second kappa shape index (κ2) is 5.26. The number of aromatic nitrogens is 3. The Morgan fingerprint density at radius 1 is 1.35 bits per heavy atom. The summed E-state index contributed by atoms with van der Waals surface area (Å²) in [6.07, 6.45) is 4.89. The third-order valence-corrected chi connectivity index (χ3v) is 3.64. The number of fused-ring (bicyclic) bond motifs is 1. The van der Waals surface area contributed by atoms with E-state index in [-0.39, 0.29) is 5.56 Å². The average molecular weight is 285 g/mol. The van der Waals surface area contributed by atoms with Crippen LogP contribution in [-0.2, 0) is 0 Å². The van der Waals surface area contributed by atoms with E-state index in [2.05, 4.69) is 16.7 Å². The van der Waals surface area contributed by atoms with Crippen molar-refractivity contribution in [2.45, 2.75) is 0 Å². The van der Waals surface area contributed by atoms with Crippen molar-refractivity contribution in [3.8, 4) is 5.75 Å². The van der Waals surface area contributed by atoms with Crippen molar-refractivity contribution in [2.24, 2.45) is 0 Å². The van der Waals surface area contributed by atoms with Gasteiger partial charge in [-0.2, -0.15) is 9.61 Å². The van der Waals surface area contributed by atoms with Crippen LogP contribution in [0.4, 0.5) is 0 Å². The Balaban J connectivity index is 1.95. The lowest BCUT2D eigenvalue weighted by atomic mass is 10.2. The van der Waals surface area contributed by atoms with Gasteiger partial charge in [-0.1, -0.05) is 36.1 Å². The van der Waals surface area contributed by atoms with Crippen LogP contribution in [0.1, 0.15) is 5.56 Å². The van der Waals surface area contributed by atoms with E-state index in [9.17, 15) is 4.79 Å². The van der Waals surface area contributed by atoms with E-state index in [0.717, 1.165) is 11.3 Å². The van der Waals surface area contributed by atoms with Crippen LogP contribution in [0.3, 0.4) is 0 Å². The van der Waals surface area contributed by atoms with Gasteiger partial charge in [-0.05, 0) is 23.8 Å². The number of hydrogen-bond donors (Lipinski definition) is 0. The topological polar surface area (TPSA) is 56.5 Å². The third-order valence-electron chi connectivity index (χ3n) is 2.67. The molecule has 0 saturated carbocycles. The first kappa shape index (κ1) is 12.6. The maximum Gasteiger partial charge on any atom is 0.291 e. The number of rotatable bonds is 4. The molecule has 0 unspecified atom stereocenters. The second-order valence-electron chi connectivity index (χ2n) is 4.04. The molecule has 3 rings (SSSR count). The van der Waals surface area contributed by atoms with Gasteiger partial charge in [0.15, 0.2) is 0 Å². The van der Waals surface area contributed by atoms with E-state index in [1.807, 2.05) is 30.3 Å². The minimum absolute atomic E-state index is 0.144. The van der Waals surface area contributed by atoms with Crippen molar-refractivity contribution in [3.05, 3.63) is 63.7 Å². The molecule has 0 N–H and O–H groups in total. The number of hydrogen-bond acceptors (Lipinski definition) is 5. The molecule has 0 aliphatic carbocycles. The van der Waals surface area contributed by atoms with Crippen LogP contribution >= 0.6 is 11.3 Å². The first-order valence-electron chi connectivity index (χ1n) is 5.96. The fraction of sp³-hybridized carbons (Fsp3) is 0.0714. The van der Waals surface area contributed by atoms with Gasteiger partial charge in [0.1, 0.15) is 18.7 Å². The fourth-order valence-corrected chi connectivity index (χ4v) is 2.63. The summed E-state index contributed by atoms with van der Waals surface area (Å²) in [5.41, 5.74) is 0.784. The number of thiazole rings is 1. The minimum Gasteiger partial charge on any atom is -0.490 e. The lowest BCUT2D eigenvalue weighted by molar-refractivity contribution is 0.363. The van der Waals surface area contributed by atoms with Crippen LogP contribution in [0.25, 0.3) is 11.0 Å². The Hall–Kier alpha value is -2.47. The molecule has 0 aliphatic heterocycles. The Morgan fingerprint density at radius 2 is 2.15 bits per heavy atom. The molecule has 1 aromatic carbocycles. The zero-order valence-electron chi connectivity index (χ0n) is 10.5. The van der Waals surface area contributed by atoms with Crippen molar-refractivity contribution < 1.29 is 4.74 Å². The molecular formula is C14H11N3O2S. The first-order valence-corrected chi connectivity index (χ1v) is 6.77. The highest BCUT2D eigenvalue weighted by atomic mass is 32.1. The third kappa shape index (κ3) is 2.33. The van der Waals surface area contributed by atoms with Gasteiger partial charge in [-0.25, -0.2) is 4.98 Å². The van der Waals surface area contributed by atoms with Gasteiger partial charge >= 0.3 is 0 Å². The molecule has 0 fully saturated rings. The highest BCUT2D eigenvalue weighted by Gasteiger charge is 2.04. The summed E-state index contributed by atoms with van der Waals surface area (Å²) < 4.78 is 7.32. The predicted octanol–water partition coefficient (Wildman–Crippen LogP) is 1.26. The van der Waals surface area contributed by atoms with E-state index in [1.165, 1.54) is 22.2 Å². The molecule has 0 radical (unpaired) electrons. The van der Waals surface area contributed by atoms with Gasteiger partial charge in [0.05, 0.1) is 4.53 Å². The molecule has 0 spiro atoms. The number of nitrogens with zero attached hydrogens (tertiary/aromatic N) is 3. The average Bonchev–Trinajstić information content (AvgIpc) is 3.03. The van der Waals surface area contributed by atoms with Crippen LogP contribution in [0, 0.1) is 0 Å². The zero-order chi connectivity index (χ0) is 13.9. The summed E-state index contributed by atoms with van der Waals surface area (Å²) in [4.78, 5) is 16.6. The summed E-state index contributed by atoms with van der Waals surface area (Å²) in [6.45, 7) is 4.07. The molecule has 0 saturated heterocycles. The number of benzene rings is 1. The van der Waals surface area contributed by atoms with Crippen molar-refractivity contribution in [1.82, 2.24) is 14.6 Å². The van der Waals surface area contributed by atoms with E-state index >= 15 is 0 Å². The van der Waals surface area contributed by atoms with Gasteiger partial charge < -0.3 is 4.74 Å². The maximum atomic E-state index is 12.0. The van der Waals surface area contributed by atoms with Gasteiger partial charge in [0.2, 0.25) is 4.96 Å². The van der Waals surface area contributed by atoms with Crippen LogP contribution in [0.5, 0.6) is 5.75 Å². The minimum atomic E-state index is -0.144. The van der Waals surface area contributed by atoms with Crippen LogP contribution in [0.15, 0.2) is 48.0 Å². The lowest BCUT2D eigenvalue weighted by Crippen LogP contribution is -2.23. The molecule has 6 heteroatoms. The Bertz CT molecular complexity index is 849. The quantitative estimate of drug-likeness (QED) is 0.677. The molecule has 3 aromatic rings. The summed E-state index contributed by atoms with van der Waals surface area (Å²) in [5, 5.41) is 3.88. The molecule has 5 nitrogen and oxygen atoms in total. The van der Waals surface area contributed by atoms with Crippen molar-refractivity contribution in [2.75, 3.05) is 6.61 Å². The second-order valence-corrected chi connectivity index (χ2v) is 5.05. The van der Waals surface area contributed by atoms with Gasteiger partial charge in [0.25, 0.3) is 5.56 Å². The van der Waals surface area contributed by atoms with Crippen LogP contribution in [-0.4, -0.2) is 21.2 Å². The lowest BCUT2D eigenvalue weighted by Gasteiger charge is -2.02. The predicted molar refractivity (Wildman–Crippen MR) is 78.1 cm³/mol. The highest BCUT2D eigenvalue weighted by Crippen LogP contribution is 2.12. The molecule has 0 aliphatic rings. The van der Waals surface area contributed by atoms with E-state index in [4.69, 9.17) is 4.74 Å². The summed E-state index contributed by atoms with van der Waals surface area (Å²) in [5.74, 6) is 0.770. The zero-order valence-corrected chi connectivity index (χ0v) is 11.3. The highest BCUT2D eigenvalue weighted by molar-refractivity contribution is 7.15. The van der Waals surface area contributed by atoms with Gasteiger partial charge in [-0.15, -0.1) is 0 Å². The Morgan fingerprint density at radius 3 is 2.85 bits per heavy atom. The molecule has 0 bridgehead atoms. The fourth-order valence-electron chi connectivity index (χ4n) is 1.74. The monoisotopic (exact) mass is 285 g/mol. The summed E-state index contributed by atoms with van der Waals surface area (Å²) >= 11 is 1.32. The SMILES string of the molecule is C=CCOc1ccc(/C=c2\sc3ncnn3c2=O)cc1. The molecule has 100 valence electrons. The van der Waals surface area contributed by atoms with Gasteiger partial charge in [-0.3, -0.25) is 4.79 Å². The summed E-state index contributed by atoms with van der Waals surface area (Å²) in [7, 11) is 0. The molecule has 0 atom stereocenters. The number of ether oxygens (including phenoxy) is 1. The van der Waals surface area contributed by atoms with Crippen molar-refractivity contribution in [3.63, 3.8) is 0 Å². The summed E-state index contributed by atoms with van der Waals surface area (Å²) in [6, 6.07) is 7.51. The molecular weight excluding hydrogens is 274 g/mol. The molecule has 0 amide bonds. The van der Waals surface area contributed by atoms with Crippen molar-refractivity contribution >= 4 is 22.4 Å². The Labute approximate surface area is 118 Å². The van der Waals surface area contributed by atoms with E-state index < -0.39 is 0 Å². The standard InChI is InChI=1S/C14H11N3O2S/c1-2-7-19-11-5-3-10(4-6-11)8-12-13(18)17-14(20-12)15-9-16-17/h2-6,8-9H,1,7H2/b12-8-. The van der Waals surface area contributed by atoms with E-state index in [1.54, 1.807) is 6.08 Å². The van der Waals surface area contributed by atoms with Crippen LogP contribution < -0.4 is 14.8 Å². The molecule has 2 heterocycles. The maximum absolute atomic E-state index is 12.0. The Kier molecular flexibility index (Phi) is 3.30. The molecule has 20 heavy (non-hydrogen) atoms. The largest absolute Gasteiger partial charge is 0.490 e. The van der Waals surface area contributed by atoms with Crippen molar-refractivity contribution in [1.29, 1.82) is 0 Å². The first-order chi connectivity index (χ1) is 9.78. The van der Waals surface area contributed by atoms with Crippen LogP contribution in [0.2, 0.25) is 0 Å². The molecule has 2 aromatic heterocycles. The van der Waals surface area contributed by atoms with Gasteiger partial charge in [0, 0.05) is 0 Å². The van der Waals surface area contributed by atoms with E-state index in [0.29, 0.717) is 16.1 Å². The smallest absolute Gasteiger partial charge is 0.291 e. The normalized spacial score (nSPS) is 11.9.